The summed E-state index contributed by atoms with van der Waals surface area (Å²) in [5.41, 5.74) is 1.17. The van der Waals surface area contributed by atoms with Crippen LogP contribution >= 0.6 is 0 Å². The zero-order valence-electron chi connectivity index (χ0n) is 9.52. The van der Waals surface area contributed by atoms with Gasteiger partial charge in [-0.25, -0.2) is 0 Å². The van der Waals surface area contributed by atoms with E-state index in [1.165, 1.54) is 5.56 Å². The molecule has 0 aliphatic heterocycles. The van der Waals surface area contributed by atoms with Crippen molar-refractivity contribution in [3.05, 3.63) is 30.1 Å². The van der Waals surface area contributed by atoms with Crippen molar-refractivity contribution in [2.45, 2.75) is 32.2 Å². The van der Waals surface area contributed by atoms with Gasteiger partial charge < -0.3 is 10.4 Å². The molecule has 0 radical (unpaired) electrons. The van der Waals surface area contributed by atoms with Gasteiger partial charge in [0.1, 0.15) is 6.04 Å². The second kappa shape index (κ2) is 6.95. The summed E-state index contributed by atoms with van der Waals surface area (Å²) in [5, 5.41) is 12.0. The summed E-state index contributed by atoms with van der Waals surface area (Å²) in [6, 6.07) is 3.46. The zero-order chi connectivity index (χ0) is 11.8. The van der Waals surface area contributed by atoms with E-state index in [9.17, 15) is 4.79 Å². The fraction of sp³-hybridized carbons (Fsp3) is 0.500. The van der Waals surface area contributed by atoms with E-state index in [-0.39, 0.29) is 0 Å². The normalized spacial score (nSPS) is 12.3. The van der Waals surface area contributed by atoms with Crippen molar-refractivity contribution in [2.24, 2.45) is 0 Å². The number of nitrogens with one attached hydrogen (secondary N) is 1. The lowest BCUT2D eigenvalue weighted by atomic mass is 10.1. The Kier molecular flexibility index (Phi) is 5.50. The third-order valence-electron chi connectivity index (χ3n) is 2.43. The highest BCUT2D eigenvalue weighted by atomic mass is 16.4. The maximum absolute atomic E-state index is 10.9. The highest BCUT2D eigenvalue weighted by molar-refractivity contribution is 5.73. The van der Waals surface area contributed by atoms with Crippen LogP contribution < -0.4 is 5.32 Å². The molecule has 1 unspecified atom stereocenters. The Morgan fingerprint density at radius 2 is 2.19 bits per heavy atom. The van der Waals surface area contributed by atoms with Crippen molar-refractivity contribution >= 4 is 5.97 Å². The van der Waals surface area contributed by atoms with Crippen LogP contribution in [0.4, 0.5) is 0 Å². The molecular weight excluding hydrogens is 204 g/mol. The van der Waals surface area contributed by atoms with Gasteiger partial charge in [-0.2, -0.15) is 0 Å². The SMILES string of the molecule is CCCC(NCCc1ccncc1)C(=O)O. The first kappa shape index (κ1) is 12.6. The molecule has 0 fully saturated rings. The van der Waals surface area contributed by atoms with Gasteiger partial charge in [-0.05, 0) is 37.1 Å². The molecule has 0 aromatic carbocycles. The number of rotatable bonds is 7. The maximum atomic E-state index is 10.9. The monoisotopic (exact) mass is 222 g/mol. The van der Waals surface area contributed by atoms with E-state index in [0.717, 1.165) is 12.8 Å². The Bertz CT molecular complexity index is 314. The van der Waals surface area contributed by atoms with Gasteiger partial charge in [0, 0.05) is 12.4 Å². The Morgan fingerprint density at radius 3 is 2.75 bits per heavy atom. The predicted octanol–water partition coefficient (Wildman–Crippen LogP) is 1.47. The second-order valence-electron chi connectivity index (χ2n) is 3.74. The van der Waals surface area contributed by atoms with E-state index in [0.29, 0.717) is 13.0 Å². The molecule has 4 nitrogen and oxygen atoms in total. The first-order valence-corrected chi connectivity index (χ1v) is 5.59. The van der Waals surface area contributed by atoms with E-state index in [2.05, 4.69) is 10.3 Å². The van der Waals surface area contributed by atoms with E-state index in [1.54, 1.807) is 12.4 Å². The molecular formula is C12H18N2O2. The molecule has 0 spiro atoms. The van der Waals surface area contributed by atoms with Gasteiger partial charge in [0.25, 0.3) is 0 Å². The number of hydrogen-bond acceptors (Lipinski definition) is 3. The maximum Gasteiger partial charge on any atom is 0.320 e. The van der Waals surface area contributed by atoms with Crippen LogP contribution in [-0.4, -0.2) is 28.6 Å². The molecule has 0 aliphatic carbocycles. The topological polar surface area (TPSA) is 62.2 Å². The number of hydrogen-bond donors (Lipinski definition) is 2. The van der Waals surface area contributed by atoms with Crippen molar-refractivity contribution in [1.29, 1.82) is 0 Å². The molecule has 88 valence electrons. The van der Waals surface area contributed by atoms with E-state index < -0.39 is 12.0 Å². The van der Waals surface area contributed by atoms with Crippen LogP contribution in [0, 0.1) is 0 Å². The Hall–Kier alpha value is -1.42. The van der Waals surface area contributed by atoms with Crippen LogP contribution in [0.25, 0.3) is 0 Å². The predicted molar refractivity (Wildman–Crippen MR) is 62.3 cm³/mol. The van der Waals surface area contributed by atoms with Gasteiger partial charge in [0.2, 0.25) is 0 Å². The minimum absolute atomic E-state index is 0.424. The van der Waals surface area contributed by atoms with Gasteiger partial charge >= 0.3 is 5.97 Å². The fourth-order valence-electron chi connectivity index (χ4n) is 1.54. The summed E-state index contributed by atoms with van der Waals surface area (Å²) in [5.74, 6) is -0.767. The van der Waals surface area contributed by atoms with Crippen molar-refractivity contribution in [2.75, 3.05) is 6.54 Å². The summed E-state index contributed by atoms with van der Waals surface area (Å²) in [4.78, 5) is 14.8. The fourth-order valence-corrected chi connectivity index (χ4v) is 1.54. The average Bonchev–Trinajstić information content (AvgIpc) is 2.29. The van der Waals surface area contributed by atoms with Crippen LogP contribution in [0.3, 0.4) is 0 Å². The van der Waals surface area contributed by atoms with Gasteiger partial charge in [-0.1, -0.05) is 13.3 Å². The van der Waals surface area contributed by atoms with Crippen molar-refractivity contribution in [3.8, 4) is 0 Å². The van der Waals surface area contributed by atoms with Gasteiger partial charge in [0.15, 0.2) is 0 Å². The minimum atomic E-state index is -0.767. The minimum Gasteiger partial charge on any atom is -0.480 e. The van der Waals surface area contributed by atoms with Crippen LogP contribution in [0.5, 0.6) is 0 Å². The summed E-state index contributed by atoms with van der Waals surface area (Å²) in [7, 11) is 0. The van der Waals surface area contributed by atoms with E-state index in [4.69, 9.17) is 5.11 Å². The molecule has 1 aromatic heterocycles. The van der Waals surface area contributed by atoms with Gasteiger partial charge in [-0.15, -0.1) is 0 Å². The molecule has 16 heavy (non-hydrogen) atoms. The molecule has 0 saturated carbocycles. The average molecular weight is 222 g/mol. The highest BCUT2D eigenvalue weighted by Gasteiger charge is 2.14. The van der Waals surface area contributed by atoms with Crippen molar-refractivity contribution in [1.82, 2.24) is 10.3 Å². The summed E-state index contributed by atoms with van der Waals surface area (Å²) in [6.45, 7) is 2.67. The molecule has 0 saturated heterocycles. The van der Waals surface area contributed by atoms with Crippen LogP contribution in [-0.2, 0) is 11.2 Å². The third-order valence-corrected chi connectivity index (χ3v) is 2.43. The number of aliphatic carboxylic acids is 1. The molecule has 0 bridgehead atoms. The molecule has 4 heteroatoms. The third kappa shape index (κ3) is 4.40. The molecule has 1 rings (SSSR count). The quantitative estimate of drug-likeness (QED) is 0.733. The number of nitrogens with zero attached hydrogens (tertiary/aromatic N) is 1. The number of carboxylic acids is 1. The Morgan fingerprint density at radius 1 is 1.50 bits per heavy atom. The smallest absolute Gasteiger partial charge is 0.320 e. The lowest BCUT2D eigenvalue weighted by Crippen LogP contribution is -2.37. The summed E-state index contributed by atoms with van der Waals surface area (Å²) >= 11 is 0. The molecule has 1 atom stereocenters. The second-order valence-corrected chi connectivity index (χ2v) is 3.74. The first-order valence-electron chi connectivity index (χ1n) is 5.59. The molecule has 1 heterocycles. The van der Waals surface area contributed by atoms with Crippen LogP contribution in [0.2, 0.25) is 0 Å². The Labute approximate surface area is 95.7 Å². The van der Waals surface area contributed by atoms with E-state index in [1.807, 2.05) is 19.1 Å². The van der Waals surface area contributed by atoms with Crippen molar-refractivity contribution in [3.63, 3.8) is 0 Å². The highest BCUT2D eigenvalue weighted by Crippen LogP contribution is 1.99. The van der Waals surface area contributed by atoms with E-state index >= 15 is 0 Å². The molecule has 2 N–H and O–H groups in total. The van der Waals surface area contributed by atoms with Crippen LogP contribution in [0.1, 0.15) is 25.3 Å². The standard InChI is InChI=1S/C12H18N2O2/c1-2-3-11(12(15)16)14-9-6-10-4-7-13-8-5-10/h4-5,7-8,11,14H,2-3,6,9H2,1H3,(H,15,16). The largest absolute Gasteiger partial charge is 0.480 e. The molecule has 0 aliphatic rings. The number of carboxylic acid groups (broad SMARTS) is 1. The zero-order valence-corrected chi connectivity index (χ0v) is 9.52. The number of carbonyl (C=O) groups is 1. The Balaban J connectivity index is 2.31. The van der Waals surface area contributed by atoms with Gasteiger partial charge in [0.05, 0.1) is 0 Å². The number of pyridine rings is 1. The van der Waals surface area contributed by atoms with Gasteiger partial charge in [-0.3, -0.25) is 9.78 Å². The number of aromatic nitrogens is 1. The summed E-state index contributed by atoms with van der Waals surface area (Å²) < 4.78 is 0. The van der Waals surface area contributed by atoms with Crippen LogP contribution in [0.15, 0.2) is 24.5 Å². The lowest BCUT2D eigenvalue weighted by Gasteiger charge is -2.13. The summed E-state index contributed by atoms with van der Waals surface area (Å²) in [6.07, 6.45) is 5.87. The lowest BCUT2D eigenvalue weighted by molar-refractivity contribution is -0.139. The molecule has 0 amide bonds. The first-order chi connectivity index (χ1) is 7.74. The molecule has 1 aromatic rings. The van der Waals surface area contributed by atoms with Crippen molar-refractivity contribution < 1.29 is 9.90 Å².